The van der Waals surface area contributed by atoms with Gasteiger partial charge in [0.1, 0.15) is 11.6 Å². The molecule has 1 unspecified atom stereocenters. The minimum atomic E-state index is -0.442. The van der Waals surface area contributed by atoms with E-state index in [1.807, 2.05) is 24.3 Å². The van der Waals surface area contributed by atoms with Gasteiger partial charge in [0.25, 0.3) is 0 Å². The molecule has 2 N–H and O–H groups in total. The van der Waals surface area contributed by atoms with Crippen molar-refractivity contribution in [2.24, 2.45) is 0 Å². The van der Waals surface area contributed by atoms with Crippen molar-refractivity contribution in [3.05, 3.63) is 65.5 Å². The molecular formula is C23H27FN2O3. The molecule has 1 saturated heterocycles. The lowest BCUT2D eigenvalue weighted by molar-refractivity contribution is -0.122. The van der Waals surface area contributed by atoms with Gasteiger partial charge >= 0.3 is 0 Å². The maximum Gasteiger partial charge on any atom is 0.220 e. The number of hydrogen-bond acceptors (Lipinski definition) is 3. The molecule has 0 radical (unpaired) electrons. The number of ether oxygens (including phenoxy) is 1. The molecule has 1 fully saturated rings. The molecule has 0 aliphatic carbocycles. The highest BCUT2D eigenvalue weighted by molar-refractivity contribution is 5.80. The van der Waals surface area contributed by atoms with Gasteiger partial charge in [0.15, 0.2) is 0 Å². The zero-order chi connectivity index (χ0) is 20.7. The number of carbonyl (C=O) groups is 2. The molecule has 1 atom stereocenters. The lowest BCUT2D eigenvalue weighted by Crippen LogP contribution is -2.44. The minimum Gasteiger partial charge on any atom is -0.497 e. The summed E-state index contributed by atoms with van der Waals surface area (Å²) in [6, 6.07) is 14.1. The number of methoxy groups -OCH3 is 1. The molecule has 5 nitrogen and oxygen atoms in total. The second-order valence-corrected chi connectivity index (χ2v) is 7.58. The van der Waals surface area contributed by atoms with Crippen LogP contribution in [0, 0.1) is 5.82 Å². The molecule has 0 bridgehead atoms. The van der Waals surface area contributed by atoms with Gasteiger partial charge in [-0.05, 0) is 61.1 Å². The fourth-order valence-electron chi connectivity index (χ4n) is 3.75. The van der Waals surface area contributed by atoms with E-state index < -0.39 is 5.54 Å². The fourth-order valence-corrected chi connectivity index (χ4v) is 3.75. The predicted octanol–water partition coefficient (Wildman–Crippen LogP) is 3.16. The van der Waals surface area contributed by atoms with Gasteiger partial charge in [0, 0.05) is 24.9 Å². The fraction of sp³-hybridized carbons (Fsp3) is 0.391. The van der Waals surface area contributed by atoms with E-state index in [1.54, 1.807) is 19.2 Å². The number of benzene rings is 2. The molecule has 3 rings (SSSR count). The van der Waals surface area contributed by atoms with Gasteiger partial charge in [-0.2, -0.15) is 0 Å². The van der Waals surface area contributed by atoms with Crippen LogP contribution in [0.3, 0.4) is 0 Å². The SMILES string of the molecule is COc1ccc(CCNC(=O)CCC2(Cc3ccc(F)cc3)CCC(=O)N2)cc1. The van der Waals surface area contributed by atoms with Crippen LogP contribution < -0.4 is 15.4 Å². The highest BCUT2D eigenvalue weighted by atomic mass is 19.1. The Bertz CT molecular complexity index is 836. The van der Waals surface area contributed by atoms with Crippen LogP contribution in [0.1, 0.15) is 36.8 Å². The molecule has 1 heterocycles. The van der Waals surface area contributed by atoms with E-state index in [-0.39, 0.29) is 17.6 Å². The molecular weight excluding hydrogens is 371 g/mol. The summed E-state index contributed by atoms with van der Waals surface area (Å²) >= 11 is 0. The first-order valence-corrected chi connectivity index (χ1v) is 9.93. The van der Waals surface area contributed by atoms with Gasteiger partial charge < -0.3 is 15.4 Å². The first kappa shape index (κ1) is 20.8. The van der Waals surface area contributed by atoms with E-state index in [0.29, 0.717) is 38.6 Å². The Balaban J connectivity index is 1.49. The molecule has 1 aliphatic heterocycles. The van der Waals surface area contributed by atoms with Crippen molar-refractivity contribution in [2.75, 3.05) is 13.7 Å². The normalized spacial score (nSPS) is 18.3. The Morgan fingerprint density at radius 1 is 1.14 bits per heavy atom. The van der Waals surface area contributed by atoms with Gasteiger partial charge in [0.2, 0.25) is 11.8 Å². The molecule has 0 spiro atoms. The number of halogens is 1. The highest BCUT2D eigenvalue weighted by Gasteiger charge is 2.37. The van der Waals surface area contributed by atoms with Crippen LogP contribution in [0.25, 0.3) is 0 Å². The summed E-state index contributed by atoms with van der Waals surface area (Å²) in [5, 5.41) is 6.01. The third-order valence-corrected chi connectivity index (χ3v) is 5.42. The molecule has 6 heteroatoms. The number of carbonyl (C=O) groups excluding carboxylic acids is 2. The van der Waals surface area contributed by atoms with Crippen molar-refractivity contribution < 1.29 is 18.7 Å². The Morgan fingerprint density at radius 2 is 1.83 bits per heavy atom. The van der Waals surface area contributed by atoms with E-state index >= 15 is 0 Å². The van der Waals surface area contributed by atoms with Crippen LogP contribution in [0.5, 0.6) is 5.75 Å². The van der Waals surface area contributed by atoms with Gasteiger partial charge in [-0.25, -0.2) is 4.39 Å². The summed E-state index contributed by atoms with van der Waals surface area (Å²) in [6.07, 6.45) is 3.38. The quantitative estimate of drug-likeness (QED) is 0.682. The molecule has 154 valence electrons. The lowest BCUT2D eigenvalue weighted by atomic mass is 9.85. The minimum absolute atomic E-state index is 0.00651. The van der Waals surface area contributed by atoms with Gasteiger partial charge in [-0.3, -0.25) is 9.59 Å². The van der Waals surface area contributed by atoms with E-state index in [9.17, 15) is 14.0 Å². The van der Waals surface area contributed by atoms with Gasteiger partial charge in [0.05, 0.1) is 7.11 Å². The average molecular weight is 398 g/mol. The summed E-state index contributed by atoms with van der Waals surface area (Å²) in [5.74, 6) is 0.502. The zero-order valence-corrected chi connectivity index (χ0v) is 16.7. The molecule has 2 aromatic rings. The number of hydrogen-bond donors (Lipinski definition) is 2. The first-order chi connectivity index (χ1) is 14.0. The third kappa shape index (κ3) is 6.04. The van der Waals surface area contributed by atoms with Crippen molar-refractivity contribution in [2.45, 2.75) is 44.1 Å². The second kappa shape index (κ2) is 9.54. The maximum absolute atomic E-state index is 13.2. The van der Waals surface area contributed by atoms with Gasteiger partial charge in [-0.15, -0.1) is 0 Å². The first-order valence-electron chi connectivity index (χ1n) is 9.93. The van der Waals surface area contributed by atoms with Crippen molar-refractivity contribution in [3.8, 4) is 5.75 Å². The molecule has 0 saturated carbocycles. The number of amides is 2. The summed E-state index contributed by atoms with van der Waals surface area (Å²) in [7, 11) is 1.63. The molecule has 29 heavy (non-hydrogen) atoms. The Labute approximate surface area is 170 Å². The van der Waals surface area contributed by atoms with Gasteiger partial charge in [-0.1, -0.05) is 24.3 Å². The van der Waals surface area contributed by atoms with Crippen molar-refractivity contribution in [1.29, 1.82) is 0 Å². The standard InChI is InChI=1S/C23H27FN2O3/c1-29-20-8-4-17(5-9-20)12-15-25-21(27)10-13-23(14-11-22(28)26-23)16-18-2-6-19(24)7-3-18/h2-9H,10-16H2,1H3,(H,25,27)(H,26,28). The molecule has 1 aliphatic rings. The number of rotatable bonds is 9. The smallest absolute Gasteiger partial charge is 0.220 e. The largest absolute Gasteiger partial charge is 0.497 e. The van der Waals surface area contributed by atoms with Crippen LogP contribution in [0.15, 0.2) is 48.5 Å². The summed E-state index contributed by atoms with van der Waals surface area (Å²) in [6.45, 7) is 0.558. The zero-order valence-electron chi connectivity index (χ0n) is 16.7. The van der Waals surface area contributed by atoms with Crippen LogP contribution in [-0.2, 0) is 22.4 Å². The molecule has 2 amide bonds. The monoisotopic (exact) mass is 398 g/mol. The predicted molar refractivity (Wildman–Crippen MR) is 109 cm³/mol. The van der Waals surface area contributed by atoms with Crippen molar-refractivity contribution in [1.82, 2.24) is 10.6 Å². The third-order valence-electron chi connectivity index (χ3n) is 5.42. The summed E-state index contributed by atoms with van der Waals surface area (Å²) in [4.78, 5) is 24.2. The van der Waals surface area contributed by atoms with Crippen molar-refractivity contribution >= 4 is 11.8 Å². The van der Waals surface area contributed by atoms with Crippen LogP contribution in [-0.4, -0.2) is 31.0 Å². The Kier molecular flexibility index (Phi) is 6.86. The van der Waals surface area contributed by atoms with E-state index in [2.05, 4.69) is 10.6 Å². The highest BCUT2D eigenvalue weighted by Crippen LogP contribution is 2.29. The molecule has 2 aromatic carbocycles. The lowest BCUT2D eigenvalue weighted by Gasteiger charge is -2.29. The van der Waals surface area contributed by atoms with Crippen LogP contribution >= 0.6 is 0 Å². The number of nitrogens with one attached hydrogen (secondary N) is 2. The molecule has 0 aromatic heterocycles. The van der Waals surface area contributed by atoms with Crippen LogP contribution in [0.4, 0.5) is 4.39 Å². The second-order valence-electron chi connectivity index (χ2n) is 7.58. The Morgan fingerprint density at radius 3 is 2.45 bits per heavy atom. The van der Waals surface area contributed by atoms with Crippen molar-refractivity contribution in [3.63, 3.8) is 0 Å². The topological polar surface area (TPSA) is 67.4 Å². The summed E-state index contributed by atoms with van der Waals surface area (Å²) < 4.78 is 18.3. The maximum atomic E-state index is 13.2. The Hall–Kier alpha value is -2.89. The van der Waals surface area contributed by atoms with Crippen LogP contribution in [0.2, 0.25) is 0 Å². The average Bonchev–Trinajstić information content (AvgIpc) is 3.09. The van der Waals surface area contributed by atoms with E-state index in [0.717, 1.165) is 23.3 Å². The van der Waals surface area contributed by atoms with E-state index in [4.69, 9.17) is 4.74 Å². The summed E-state index contributed by atoms with van der Waals surface area (Å²) in [5.41, 5.74) is 1.64. The van der Waals surface area contributed by atoms with E-state index in [1.165, 1.54) is 12.1 Å².